The Morgan fingerprint density at radius 3 is 2.65 bits per heavy atom. The molecule has 0 saturated heterocycles. The zero-order chi connectivity index (χ0) is 26.5. The lowest BCUT2D eigenvalue weighted by atomic mass is 9.80. The van der Waals surface area contributed by atoms with Gasteiger partial charge in [0.05, 0.1) is 32.1 Å². The first-order chi connectivity index (χ1) is 17.7. The van der Waals surface area contributed by atoms with Gasteiger partial charge in [0, 0.05) is 52.5 Å². The largest absolute Gasteiger partial charge is 0.507 e. The molecule has 1 unspecified atom stereocenters. The number of hydrogen-bond acceptors (Lipinski definition) is 8. The molecular weight excluding hydrogens is 480 g/mol. The lowest BCUT2D eigenvalue weighted by Gasteiger charge is -2.46. The topological polar surface area (TPSA) is 142 Å². The van der Waals surface area contributed by atoms with Crippen LogP contribution in [0.1, 0.15) is 18.1 Å². The highest BCUT2D eigenvalue weighted by molar-refractivity contribution is 6.10. The second-order valence-electron chi connectivity index (χ2n) is 8.98. The van der Waals surface area contributed by atoms with E-state index in [1.165, 1.54) is 26.0 Å². The fraction of sp³-hybridized carbons (Fsp3) is 0.259. The zero-order valence-electron chi connectivity index (χ0n) is 20.5. The summed E-state index contributed by atoms with van der Waals surface area (Å²) in [5, 5.41) is 32.8. The van der Waals surface area contributed by atoms with E-state index in [-0.39, 0.29) is 30.0 Å². The maximum Gasteiger partial charge on any atom is 0.333 e. The van der Waals surface area contributed by atoms with Crippen molar-refractivity contribution in [2.24, 2.45) is 0 Å². The quantitative estimate of drug-likeness (QED) is 0.397. The minimum Gasteiger partial charge on any atom is -0.507 e. The predicted octanol–water partition coefficient (Wildman–Crippen LogP) is 3.02. The number of rotatable bonds is 6. The van der Waals surface area contributed by atoms with Crippen molar-refractivity contribution in [1.82, 2.24) is 9.88 Å². The van der Waals surface area contributed by atoms with Crippen LogP contribution in [0.3, 0.4) is 0 Å². The van der Waals surface area contributed by atoms with Crippen molar-refractivity contribution < 1.29 is 39.1 Å². The molecule has 37 heavy (non-hydrogen) atoms. The molecule has 0 spiro atoms. The van der Waals surface area contributed by atoms with Crippen molar-refractivity contribution >= 4 is 28.4 Å². The molecule has 0 amide bonds. The molecule has 3 aromatic rings. The van der Waals surface area contributed by atoms with Crippen molar-refractivity contribution in [3.8, 4) is 17.2 Å². The number of aliphatic hydroxyl groups excluding tert-OH is 2. The number of aliphatic hydroxyl groups is 2. The summed E-state index contributed by atoms with van der Waals surface area (Å²) >= 11 is 0. The first-order valence-electron chi connectivity index (χ1n) is 11.5. The summed E-state index contributed by atoms with van der Waals surface area (Å²) in [7, 11) is 3.01. The summed E-state index contributed by atoms with van der Waals surface area (Å²) in [5.41, 5.74) is -0.226. The molecule has 0 aliphatic carbocycles. The van der Waals surface area contributed by atoms with Gasteiger partial charge in [0.2, 0.25) is 5.78 Å². The number of aromatic amines is 1. The molecule has 192 valence electrons. The molecule has 3 heterocycles. The molecule has 2 aliphatic rings. The number of carboxylic acid groups (broad SMARTS) is 1. The summed E-state index contributed by atoms with van der Waals surface area (Å²) in [6.07, 6.45) is 1.76. The third-order valence-corrected chi connectivity index (χ3v) is 7.10. The standard InChI is InChI=1S/C27H26N2O8/c1-27(26(33)34)18(12-30)25(32)23-20(31)13-37-22-10-19-14(6-7-28-19)8-17(22)24(23)29(27)11-15-4-5-16(35-2)9-21(15)36-3/h4-10,28,30,32H,11-13H2,1-3H3,(H,33,34). The highest BCUT2D eigenvalue weighted by atomic mass is 16.5. The number of carboxylic acids is 1. The highest BCUT2D eigenvalue weighted by Crippen LogP contribution is 2.48. The second-order valence-corrected chi connectivity index (χ2v) is 8.98. The van der Waals surface area contributed by atoms with Gasteiger partial charge in [-0.1, -0.05) is 0 Å². The van der Waals surface area contributed by atoms with Crippen LogP contribution >= 0.6 is 0 Å². The van der Waals surface area contributed by atoms with Gasteiger partial charge in [-0.15, -0.1) is 0 Å². The monoisotopic (exact) mass is 506 g/mol. The van der Waals surface area contributed by atoms with Gasteiger partial charge in [0.1, 0.15) is 23.0 Å². The maximum absolute atomic E-state index is 13.3. The van der Waals surface area contributed by atoms with E-state index >= 15 is 0 Å². The van der Waals surface area contributed by atoms with E-state index in [0.29, 0.717) is 28.4 Å². The van der Waals surface area contributed by atoms with E-state index < -0.39 is 29.7 Å². The first-order valence-corrected chi connectivity index (χ1v) is 11.5. The molecule has 10 heteroatoms. The molecule has 1 aromatic heterocycles. The van der Waals surface area contributed by atoms with Crippen LogP contribution in [0, 0.1) is 0 Å². The van der Waals surface area contributed by atoms with Gasteiger partial charge in [-0.3, -0.25) is 4.79 Å². The van der Waals surface area contributed by atoms with Crippen molar-refractivity contribution in [3.63, 3.8) is 0 Å². The molecule has 4 N–H and O–H groups in total. The van der Waals surface area contributed by atoms with Gasteiger partial charge in [-0.2, -0.15) is 0 Å². The molecular formula is C27H26N2O8. The molecule has 2 aliphatic heterocycles. The van der Waals surface area contributed by atoms with Gasteiger partial charge in [0.25, 0.3) is 0 Å². The number of ether oxygens (including phenoxy) is 3. The Hall–Kier alpha value is -4.44. The number of fused-ring (bicyclic) bond motifs is 3. The highest BCUT2D eigenvalue weighted by Gasteiger charge is 2.52. The summed E-state index contributed by atoms with van der Waals surface area (Å²) in [5.74, 6) is -1.08. The molecule has 10 nitrogen and oxygen atoms in total. The lowest BCUT2D eigenvalue weighted by Crippen LogP contribution is -2.56. The van der Waals surface area contributed by atoms with Gasteiger partial charge in [-0.05, 0) is 31.2 Å². The molecule has 0 radical (unpaired) electrons. The lowest BCUT2D eigenvalue weighted by molar-refractivity contribution is -0.147. The number of aromatic nitrogens is 1. The van der Waals surface area contributed by atoms with Gasteiger partial charge >= 0.3 is 5.97 Å². The molecule has 0 fully saturated rings. The number of hydrogen-bond donors (Lipinski definition) is 4. The Kier molecular flexibility index (Phi) is 5.83. The number of ketones is 1. The zero-order valence-corrected chi connectivity index (χ0v) is 20.5. The number of nitrogens with zero attached hydrogens (tertiary/aromatic N) is 1. The van der Waals surface area contributed by atoms with Crippen LogP contribution in [0.4, 0.5) is 0 Å². The van der Waals surface area contributed by atoms with E-state index in [1.54, 1.807) is 36.5 Å². The number of allylic oxidation sites excluding steroid dienone is 1. The number of aliphatic carboxylic acids is 1. The Bertz CT molecular complexity index is 1500. The van der Waals surface area contributed by atoms with Crippen LogP contribution in [0.25, 0.3) is 16.6 Å². The van der Waals surface area contributed by atoms with Gasteiger partial charge < -0.3 is 39.4 Å². The Morgan fingerprint density at radius 2 is 1.97 bits per heavy atom. The van der Waals surface area contributed by atoms with Crippen molar-refractivity contribution in [2.45, 2.75) is 19.0 Å². The summed E-state index contributed by atoms with van der Waals surface area (Å²) < 4.78 is 16.7. The number of benzene rings is 2. The fourth-order valence-corrected chi connectivity index (χ4v) is 5.02. The van der Waals surface area contributed by atoms with Gasteiger partial charge in [0.15, 0.2) is 12.1 Å². The third-order valence-electron chi connectivity index (χ3n) is 7.10. The van der Waals surface area contributed by atoms with Crippen LogP contribution in [0.5, 0.6) is 17.2 Å². The number of carbonyl (C=O) groups is 2. The molecule has 0 saturated carbocycles. The molecule has 0 bridgehead atoms. The van der Waals surface area contributed by atoms with Crippen LogP contribution in [-0.4, -0.2) is 69.9 Å². The SMILES string of the molecule is COc1ccc(CN2C3=C(C(=O)COc4cc5[nH]ccc5cc43)C(O)=C(CO)C2(C)C(=O)O)c(OC)c1. The van der Waals surface area contributed by atoms with Crippen LogP contribution < -0.4 is 14.2 Å². The minimum atomic E-state index is -1.92. The third kappa shape index (κ3) is 3.60. The van der Waals surface area contributed by atoms with E-state index in [2.05, 4.69) is 4.98 Å². The second kappa shape index (κ2) is 8.90. The van der Waals surface area contributed by atoms with Crippen molar-refractivity contribution in [3.05, 3.63) is 70.6 Å². The minimum absolute atomic E-state index is 0.0382. The smallest absolute Gasteiger partial charge is 0.333 e. The van der Waals surface area contributed by atoms with E-state index in [9.17, 15) is 24.9 Å². The summed E-state index contributed by atoms with van der Waals surface area (Å²) in [6, 6.07) is 10.5. The van der Waals surface area contributed by atoms with Crippen LogP contribution in [0.15, 0.2) is 59.5 Å². The molecule has 2 aromatic carbocycles. The molecule has 5 rings (SSSR count). The Labute approximate surface area is 212 Å². The van der Waals surface area contributed by atoms with E-state index in [4.69, 9.17) is 14.2 Å². The molecule has 1 atom stereocenters. The van der Waals surface area contributed by atoms with E-state index in [1.807, 2.05) is 6.07 Å². The number of H-pyrrole nitrogens is 1. The Morgan fingerprint density at radius 1 is 1.19 bits per heavy atom. The normalized spacial score (nSPS) is 19.4. The van der Waals surface area contributed by atoms with E-state index in [0.717, 1.165) is 10.9 Å². The van der Waals surface area contributed by atoms with Crippen molar-refractivity contribution in [1.29, 1.82) is 0 Å². The number of methoxy groups -OCH3 is 2. The Balaban J connectivity index is 1.83. The van der Waals surface area contributed by atoms with Crippen molar-refractivity contribution in [2.75, 3.05) is 27.4 Å². The average Bonchev–Trinajstić information content (AvgIpc) is 3.30. The predicted molar refractivity (Wildman–Crippen MR) is 134 cm³/mol. The van der Waals surface area contributed by atoms with Gasteiger partial charge in [-0.25, -0.2) is 4.79 Å². The number of nitrogens with one attached hydrogen (secondary N) is 1. The van der Waals surface area contributed by atoms with Crippen LogP contribution in [-0.2, 0) is 16.1 Å². The number of Topliss-reactive ketones (excluding diaryl/α,β-unsaturated/α-hetero) is 1. The maximum atomic E-state index is 13.3. The first kappa shape index (κ1) is 24.3. The summed E-state index contributed by atoms with van der Waals surface area (Å²) in [4.78, 5) is 30.8. The van der Waals surface area contributed by atoms with Crippen LogP contribution in [0.2, 0.25) is 0 Å². The fourth-order valence-electron chi connectivity index (χ4n) is 5.02. The summed E-state index contributed by atoms with van der Waals surface area (Å²) in [6.45, 7) is 0.203. The number of carbonyl (C=O) groups excluding carboxylic acids is 1. The average molecular weight is 507 g/mol.